The lowest BCUT2D eigenvalue weighted by Crippen LogP contribution is -2.45. The summed E-state index contributed by atoms with van der Waals surface area (Å²) in [5, 5.41) is 11.0. The van der Waals surface area contributed by atoms with Crippen molar-refractivity contribution in [1.29, 1.82) is 0 Å². The molecule has 1 N–H and O–H groups in total. The maximum Gasteiger partial charge on any atom is 0.114 e. The van der Waals surface area contributed by atoms with E-state index in [1.54, 1.807) is 7.11 Å². The maximum atomic E-state index is 11.0. The lowest BCUT2D eigenvalue weighted by Gasteiger charge is -2.31. The highest BCUT2D eigenvalue weighted by Gasteiger charge is 2.31. The van der Waals surface area contributed by atoms with Crippen molar-refractivity contribution >= 4 is 0 Å². The lowest BCUT2D eigenvalue weighted by atomic mass is 10.1. The summed E-state index contributed by atoms with van der Waals surface area (Å²) in [7, 11) is 1.62. The predicted octanol–water partition coefficient (Wildman–Crippen LogP) is 4.38. The van der Waals surface area contributed by atoms with Gasteiger partial charge in [0, 0.05) is 7.11 Å². The first-order valence-corrected chi connectivity index (χ1v) is 10.9. The average Bonchev–Trinajstić information content (AvgIpc) is 2.84. The van der Waals surface area contributed by atoms with Gasteiger partial charge in [-0.25, -0.2) is 0 Å². The molecule has 0 bridgehead atoms. The Bertz CT molecular complexity index is 857. The van der Waals surface area contributed by atoms with Crippen LogP contribution in [0, 0.1) is 0 Å². The molecule has 170 valence electrons. The number of aliphatic hydroxyl groups is 1. The zero-order valence-electron chi connectivity index (χ0n) is 18.5. The quantitative estimate of drug-likeness (QED) is 0.406. The Morgan fingerprint density at radius 3 is 1.59 bits per heavy atom. The normalized spacial score (nSPS) is 14.1. The van der Waals surface area contributed by atoms with Crippen LogP contribution in [0.25, 0.3) is 0 Å². The van der Waals surface area contributed by atoms with Crippen molar-refractivity contribution < 1.29 is 24.1 Å². The molecule has 3 rings (SSSR count). The third-order valence-corrected chi connectivity index (χ3v) is 5.07. The van der Waals surface area contributed by atoms with Gasteiger partial charge in [-0.1, -0.05) is 91.0 Å². The second-order valence-electron chi connectivity index (χ2n) is 7.62. The van der Waals surface area contributed by atoms with Crippen molar-refractivity contribution in [2.75, 3.05) is 20.3 Å². The van der Waals surface area contributed by atoms with E-state index in [4.69, 9.17) is 18.9 Å². The van der Waals surface area contributed by atoms with Gasteiger partial charge in [-0.05, 0) is 16.7 Å². The molecule has 0 saturated heterocycles. The summed E-state index contributed by atoms with van der Waals surface area (Å²) in [6, 6.07) is 29.7. The monoisotopic (exact) mass is 436 g/mol. The topological polar surface area (TPSA) is 57.2 Å². The van der Waals surface area contributed by atoms with Gasteiger partial charge in [0.05, 0.1) is 33.0 Å². The Morgan fingerprint density at radius 1 is 0.625 bits per heavy atom. The van der Waals surface area contributed by atoms with Gasteiger partial charge in [0.2, 0.25) is 0 Å². The zero-order valence-corrected chi connectivity index (χ0v) is 18.5. The summed E-state index contributed by atoms with van der Waals surface area (Å²) in [6.07, 6.45) is -1.95. The molecule has 3 atom stereocenters. The van der Waals surface area contributed by atoms with Gasteiger partial charge in [0.15, 0.2) is 0 Å². The molecule has 3 aromatic carbocycles. The highest BCUT2D eigenvalue weighted by Crippen LogP contribution is 2.16. The highest BCUT2D eigenvalue weighted by molar-refractivity contribution is 5.15. The molecule has 0 saturated carbocycles. The SMILES string of the molecule is COC[C@H](OCc1ccccc1)[C@H](OCc1ccccc1)C(O)COCc1ccccc1. The van der Waals surface area contributed by atoms with Crippen LogP contribution in [0.4, 0.5) is 0 Å². The van der Waals surface area contributed by atoms with E-state index < -0.39 is 18.3 Å². The van der Waals surface area contributed by atoms with Crippen LogP contribution in [-0.2, 0) is 38.8 Å². The summed E-state index contributed by atoms with van der Waals surface area (Å²) in [5.74, 6) is 0. The molecule has 0 spiro atoms. The van der Waals surface area contributed by atoms with Crippen molar-refractivity contribution in [3.63, 3.8) is 0 Å². The molecular weight excluding hydrogens is 404 g/mol. The molecule has 3 aromatic rings. The van der Waals surface area contributed by atoms with Crippen molar-refractivity contribution in [2.24, 2.45) is 0 Å². The molecule has 0 radical (unpaired) electrons. The molecule has 0 aliphatic carbocycles. The summed E-state index contributed by atoms with van der Waals surface area (Å²) in [6.45, 7) is 1.60. The first-order valence-electron chi connectivity index (χ1n) is 10.9. The first kappa shape index (κ1) is 24.1. The number of hydrogen-bond donors (Lipinski definition) is 1. The van der Waals surface area contributed by atoms with E-state index >= 15 is 0 Å². The highest BCUT2D eigenvalue weighted by atomic mass is 16.6. The van der Waals surface area contributed by atoms with E-state index in [1.165, 1.54) is 0 Å². The Balaban J connectivity index is 1.64. The van der Waals surface area contributed by atoms with E-state index in [9.17, 15) is 5.11 Å². The third kappa shape index (κ3) is 8.19. The van der Waals surface area contributed by atoms with Gasteiger partial charge in [-0.15, -0.1) is 0 Å². The van der Waals surface area contributed by atoms with Crippen LogP contribution in [0.2, 0.25) is 0 Å². The van der Waals surface area contributed by atoms with Crippen LogP contribution < -0.4 is 0 Å². The number of benzene rings is 3. The second kappa shape index (κ2) is 13.8. The zero-order chi connectivity index (χ0) is 22.4. The number of hydrogen-bond acceptors (Lipinski definition) is 5. The molecule has 0 aromatic heterocycles. The number of aliphatic hydroxyl groups excluding tert-OH is 1. The van der Waals surface area contributed by atoms with Crippen molar-refractivity contribution in [2.45, 2.75) is 38.1 Å². The van der Waals surface area contributed by atoms with Gasteiger partial charge in [-0.2, -0.15) is 0 Å². The van der Waals surface area contributed by atoms with Crippen LogP contribution in [-0.4, -0.2) is 43.7 Å². The number of rotatable bonds is 14. The molecular formula is C27H32O5. The third-order valence-electron chi connectivity index (χ3n) is 5.07. The minimum absolute atomic E-state index is 0.128. The van der Waals surface area contributed by atoms with Gasteiger partial charge in [0.25, 0.3) is 0 Å². The predicted molar refractivity (Wildman–Crippen MR) is 124 cm³/mol. The largest absolute Gasteiger partial charge is 0.388 e. The number of ether oxygens (including phenoxy) is 4. The lowest BCUT2D eigenvalue weighted by molar-refractivity contribution is -0.160. The van der Waals surface area contributed by atoms with Gasteiger partial charge < -0.3 is 24.1 Å². The van der Waals surface area contributed by atoms with E-state index in [0.29, 0.717) is 26.4 Å². The van der Waals surface area contributed by atoms with E-state index in [0.717, 1.165) is 16.7 Å². The molecule has 32 heavy (non-hydrogen) atoms. The molecule has 0 amide bonds. The first-order chi connectivity index (χ1) is 15.8. The van der Waals surface area contributed by atoms with Crippen molar-refractivity contribution in [1.82, 2.24) is 0 Å². The Hall–Kier alpha value is -2.54. The summed E-state index contributed by atoms with van der Waals surface area (Å²) >= 11 is 0. The Labute approximate surface area is 190 Å². The fourth-order valence-corrected chi connectivity index (χ4v) is 3.38. The molecule has 0 aliphatic rings. The summed E-state index contributed by atoms with van der Waals surface area (Å²) < 4.78 is 23.5. The van der Waals surface area contributed by atoms with Gasteiger partial charge >= 0.3 is 0 Å². The van der Waals surface area contributed by atoms with E-state index in [1.807, 2.05) is 91.0 Å². The van der Waals surface area contributed by atoms with Crippen LogP contribution in [0.3, 0.4) is 0 Å². The minimum atomic E-state index is -0.877. The molecule has 0 heterocycles. The van der Waals surface area contributed by atoms with Crippen molar-refractivity contribution in [3.8, 4) is 0 Å². The fourth-order valence-electron chi connectivity index (χ4n) is 3.38. The van der Waals surface area contributed by atoms with Crippen LogP contribution in [0.5, 0.6) is 0 Å². The smallest absolute Gasteiger partial charge is 0.114 e. The average molecular weight is 437 g/mol. The standard InChI is InChI=1S/C27H32O5/c1-29-21-26(31-18-23-13-7-3-8-14-23)27(32-19-24-15-9-4-10-16-24)25(28)20-30-17-22-11-5-2-6-12-22/h2-16,25-28H,17-21H2,1H3/t25?,26-,27+/m0/s1. The van der Waals surface area contributed by atoms with Gasteiger partial charge in [-0.3, -0.25) is 0 Å². The molecule has 0 aliphatic heterocycles. The van der Waals surface area contributed by atoms with Crippen LogP contribution in [0.1, 0.15) is 16.7 Å². The Morgan fingerprint density at radius 2 is 1.09 bits per heavy atom. The summed E-state index contributed by atoms with van der Waals surface area (Å²) in [4.78, 5) is 0. The second-order valence-corrected chi connectivity index (χ2v) is 7.62. The molecule has 5 heteroatoms. The van der Waals surface area contributed by atoms with E-state index in [2.05, 4.69) is 0 Å². The van der Waals surface area contributed by atoms with E-state index in [-0.39, 0.29) is 6.61 Å². The van der Waals surface area contributed by atoms with Gasteiger partial charge in [0.1, 0.15) is 18.3 Å². The van der Waals surface area contributed by atoms with Crippen LogP contribution >= 0.6 is 0 Å². The number of methoxy groups -OCH3 is 1. The molecule has 1 unspecified atom stereocenters. The Kier molecular flexibility index (Phi) is 10.4. The van der Waals surface area contributed by atoms with Crippen molar-refractivity contribution in [3.05, 3.63) is 108 Å². The maximum absolute atomic E-state index is 11.0. The van der Waals surface area contributed by atoms with Crippen LogP contribution in [0.15, 0.2) is 91.0 Å². The molecule has 0 fully saturated rings. The fraction of sp³-hybridized carbons (Fsp3) is 0.333. The minimum Gasteiger partial charge on any atom is -0.388 e. The summed E-state index contributed by atoms with van der Waals surface area (Å²) in [5.41, 5.74) is 3.12. The molecule has 5 nitrogen and oxygen atoms in total.